The number of rotatable bonds is 3. The zero-order chi connectivity index (χ0) is 12.3. The van der Waals surface area contributed by atoms with Gasteiger partial charge in [-0.1, -0.05) is 0 Å². The minimum atomic E-state index is -0.801. The van der Waals surface area contributed by atoms with Crippen molar-refractivity contribution in [3.8, 4) is 5.88 Å². The van der Waals surface area contributed by atoms with E-state index in [4.69, 9.17) is 9.47 Å². The Morgan fingerprint density at radius 2 is 2.35 bits per heavy atom. The van der Waals surface area contributed by atoms with Crippen LogP contribution in [0.5, 0.6) is 5.88 Å². The number of hydrogen-bond acceptors (Lipinski definition) is 6. The van der Waals surface area contributed by atoms with Crippen LogP contribution in [0.1, 0.15) is 16.8 Å². The second-order valence-corrected chi connectivity index (χ2v) is 3.44. The molecule has 17 heavy (non-hydrogen) atoms. The maximum atomic E-state index is 11.6. The molecule has 6 nitrogen and oxygen atoms in total. The van der Waals surface area contributed by atoms with Crippen molar-refractivity contribution in [1.82, 2.24) is 4.98 Å². The number of carbonyl (C=O) groups is 2. The van der Waals surface area contributed by atoms with Crippen LogP contribution in [-0.4, -0.2) is 36.7 Å². The van der Waals surface area contributed by atoms with Gasteiger partial charge in [-0.05, 0) is 6.07 Å². The minimum Gasteiger partial charge on any atom is -0.481 e. The second-order valence-electron chi connectivity index (χ2n) is 3.44. The van der Waals surface area contributed by atoms with Gasteiger partial charge in [0.15, 0.2) is 0 Å². The molecule has 0 radical (unpaired) electrons. The third-order valence-electron chi connectivity index (χ3n) is 2.32. The maximum Gasteiger partial charge on any atom is 0.347 e. The number of hydrogen-bond donors (Lipinski definition) is 0. The standard InChI is InChI=1S/C11H11NO5/c1-15-9-3-2-7(6-12-9)10(13)17-8-4-5-16-11(8)14/h2-3,6,8H,4-5H2,1H3/t8-/m0/s1. The van der Waals surface area contributed by atoms with Gasteiger partial charge in [0.1, 0.15) is 0 Å². The van der Waals surface area contributed by atoms with E-state index < -0.39 is 18.0 Å². The molecule has 2 rings (SSSR count). The van der Waals surface area contributed by atoms with Gasteiger partial charge >= 0.3 is 11.9 Å². The Morgan fingerprint density at radius 3 is 2.88 bits per heavy atom. The first-order valence-electron chi connectivity index (χ1n) is 5.08. The lowest BCUT2D eigenvalue weighted by molar-refractivity contribution is -0.145. The summed E-state index contributed by atoms with van der Waals surface area (Å²) in [5.74, 6) is -0.689. The highest BCUT2D eigenvalue weighted by atomic mass is 16.6. The van der Waals surface area contributed by atoms with Gasteiger partial charge in [0.25, 0.3) is 0 Å². The van der Waals surface area contributed by atoms with Crippen molar-refractivity contribution < 1.29 is 23.8 Å². The van der Waals surface area contributed by atoms with Crippen LogP contribution < -0.4 is 4.74 Å². The van der Waals surface area contributed by atoms with Gasteiger partial charge < -0.3 is 14.2 Å². The third kappa shape index (κ3) is 2.52. The fraction of sp³-hybridized carbons (Fsp3) is 0.364. The van der Waals surface area contributed by atoms with Crippen LogP contribution in [0, 0.1) is 0 Å². The smallest absolute Gasteiger partial charge is 0.347 e. The normalized spacial score (nSPS) is 18.6. The molecule has 90 valence electrons. The molecule has 0 amide bonds. The van der Waals surface area contributed by atoms with Gasteiger partial charge in [-0.3, -0.25) is 0 Å². The number of esters is 2. The molecule has 0 bridgehead atoms. The van der Waals surface area contributed by atoms with E-state index in [9.17, 15) is 9.59 Å². The van der Waals surface area contributed by atoms with Crippen molar-refractivity contribution >= 4 is 11.9 Å². The molecule has 1 aliphatic rings. The van der Waals surface area contributed by atoms with Crippen molar-refractivity contribution in [1.29, 1.82) is 0 Å². The molecule has 0 spiro atoms. The first-order valence-corrected chi connectivity index (χ1v) is 5.08. The molecule has 0 aromatic carbocycles. The van der Waals surface area contributed by atoms with Crippen LogP contribution in [0.3, 0.4) is 0 Å². The fourth-order valence-corrected chi connectivity index (χ4v) is 1.40. The highest BCUT2D eigenvalue weighted by Gasteiger charge is 2.30. The summed E-state index contributed by atoms with van der Waals surface area (Å²) in [5, 5.41) is 0. The predicted molar refractivity (Wildman–Crippen MR) is 55.6 cm³/mol. The molecular weight excluding hydrogens is 226 g/mol. The maximum absolute atomic E-state index is 11.6. The fourth-order valence-electron chi connectivity index (χ4n) is 1.40. The topological polar surface area (TPSA) is 74.7 Å². The monoisotopic (exact) mass is 237 g/mol. The molecular formula is C11H11NO5. The number of aromatic nitrogens is 1. The SMILES string of the molecule is COc1ccc(C(=O)O[C@H]2CCOC2=O)cn1. The average molecular weight is 237 g/mol. The number of nitrogens with zero attached hydrogens (tertiary/aromatic N) is 1. The highest BCUT2D eigenvalue weighted by molar-refractivity contribution is 5.91. The molecule has 6 heteroatoms. The molecule has 0 aliphatic carbocycles. The van der Waals surface area contributed by atoms with E-state index in [0.717, 1.165) is 0 Å². The molecule has 0 N–H and O–H groups in total. The summed E-state index contributed by atoms with van der Waals surface area (Å²) in [6.07, 6.45) is 0.930. The Balaban J connectivity index is 2.01. The summed E-state index contributed by atoms with van der Waals surface area (Å²) in [6.45, 7) is 0.289. The Morgan fingerprint density at radius 1 is 1.53 bits per heavy atom. The van der Waals surface area contributed by atoms with Gasteiger partial charge in [-0.15, -0.1) is 0 Å². The number of methoxy groups -OCH3 is 1. The quantitative estimate of drug-likeness (QED) is 0.715. The predicted octanol–water partition coefficient (Wildman–Crippen LogP) is 0.562. The van der Waals surface area contributed by atoms with Crippen molar-refractivity contribution in [2.45, 2.75) is 12.5 Å². The number of cyclic esters (lactones) is 1. The van der Waals surface area contributed by atoms with Crippen LogP contribution >= 0.6 is 0 Å². The van der Waals surface area contributed by atoms with Crippen LogP contribution in [0.4, 0.5) is 0 Å². The average Bonchev–Trinajstić information content (AvgIpc) is 2.75. The molecule has 1 aliphatic heterocycles. The van der Waals surface area contributed by atoms with Crippen LogP contribution in [-0.2, 0) is 14.3 Å². The van der Waals surface area contributed by atoms with Gasteiger partial charge in [-0.2, -0.15) is 0 Å². The van der Waals surface area contributed by atoms with Crippen LogP contribution in [0.15, 0.2) is 18.3 Å². The summed E-state index contributed by atoms with van der Waals surface area (Å²) in [5.41, 5.74) is 0.269. The molecule has 1 saturated heterocycles. The van der Waals surface area contributed by atoms with Crippen molar-refractivity contribution in [2.75, 3.05) is 13.7 Å². The summed E-state index contributed by atoms with van der Waals surface area (Å²) in [4.78, 5) is 26.6. The Hall–Kier alpha value is -2.11. The molecule has 0 unspecified atom stereocenters. The Labute approximate surface area is 97.5 Å². The van der Waals surface area contributed by atoms with Crippen molar-refractivity contribution in [3.05, 3.63) is 23.9 Å². The van der Waals surface area contributed by atoms with E-state index in [-0.39, 0.29) is 12.2 Å². The zero-order valence-electron chi connectivity index (χ0n) is 9.21. The lowest BCUT2D eigenvalue weighted by Gasteiger charge is -2.08. The van der Waals surface area contributed by atoms with Crippen LogP contribution in [0.25, 0.3) is 0 Å². The zero-order valence-corrected chi connectivity index (χ0v) is 9.21. The number of carbonyl (C=O) groups excluding carboxylic acids is 2. The molecule has 1 atom stereocenters. The summed E-state index contributed by atoms with van der Waals surface area (Å²) >= 11 is 0. The Kier molecular flexibility index (Phi) is 3.22. The lowest BCUT2D eigenvalue weighted by Crippen LogP contribution is -2.22. The first kappa shape index (κ1) is 11.4. The highest BCUT2D eigenvalue weighted by Crippen LogP contribution is 2.14. The lowest BCUT2D eigenvalue weighted by atomic mass is 10.2. The summed E-state index contributed by atoms with van der Waals surface area (Å²) < 4.78 is 14.5. The third-order valence-corrected chi connectivity index (χ3v) is 2.32. The molecule has 0 saturated carbocycles. The van der Waals surface area contributed by atoms with E-state index in [1.165, 1.54) is 19.4 Å². The van der Waals surface area contributed by atoms with E-state index in [0.29, 0.717) is 12.3 Å². The molecule has 1 aromatic heterocycles. The van der Waals surface area contributed by atoms with Crippen LogP contribution in [0.2, 0.25) is 0 Å². The summed E-state index contributed by atoms with van der Waals surface area (Å²) in [6, 6.07) is 3.07. The van der Waals surface area contributed by atoms with E-state index in [2.05, 4.69) is 9.72 Å². The Bertz CT molecular complexity index is 428. The van der Waals surface area contributed by atoms with Gasteiger partial charge in [-0.25, -0.2) is 14.6 Å². The number of ether oxygens (including phenoxy) is 3. The van der Waals surface area contributed by atoms with Gasteiger partial charge in [0.2, 0.25) is 12.0 Å². The molecule has 1 fully saturated rings. The van der Waals surface area contributed by atoms with E-state index in [1.807, 2.05) is 0 Å². The summed E-state index contributed by atoms with van der Waals surface area (Å²) in [7, 11) is 1.48. The minimum absolute atomic E-state index is 0.269. The van der Waals surface area contributed by atoms with Gasteiger partial charge in [0, 0.05) is 18.7 Å². The second kappa shape index (κ2) is 4.82. The largest absolute Gasteiger partial charge is 0.481 e. The van der Waals surface area contributed by atoms with E-state index >= 15 is 0 Å². The number of pyridine rings is 1. The van der Waals surface area contributed by atoms with E-state index in [1.54, 1.807) is 6.07 Å². The first-order chi connectivity index (χ1) is 8.20. The molecule has 2 heterocycles. The molecule has 1 aromatic rings. The van der Waals surface area contributed by atoms with Crippen molar-refractivity contribution in [2.24, 2.45) is 0 Å². The van der Waals surface area contributed by atoms with Gasteiger partial charge in [0.05, 0.1) is 19.3 Å². The van der Waals surface area contributed by atoms with Crippen molar-refractivity contribution in [3.63, 3.8) is 0 Å².